The molecule has 3 aromatic rings. The first-order chi connectivity index (χ1) is 13.8. The normalized spacial score (nSPS) is 18.9. The second kappa shape index (κ2) is 7.00. The topological polar surface area (TPSA) is 71.4 Å². The van der Waals surface area contributed by atoms with Crippen molar-refractivity contribution >= 4 is 29.1 Å². The van der Waals surface area contributed by atoms with Gasteiger partial charge in [0.2, 0.25) is 0 Å². The third-order valence-corrected chi connectivity index (χ3v) is 6.43. The molecule has 0 bridgehead atoms. The predicted molar refractivity (Wildman–Crippen MR) is 111 cm³/mol. The smallest absolute Gasteiger partial charge is 0.319 e. The lowest BCUT2D eigenvalue weighted by molar-refractivity contribution is -0.130. The van der Waals surface area contributed by atoms with Crippen molar-refractivity contribution in [3.63, 3.8) is 0 Å². The van der Waals surface area contributed by atoms with Crippen LogP contribution in [0.25, 0.3) is 5.69 Å². The largest absolute Gasteiger partial charge is 0.325 e. The van der Waals surface area contributed by atoms with Crippen LogP contribution in [0.5, 0.6) is 0 Å². The summed E-state index contributed by atoms with van der Waals surface area (Å²) in [5.41, 5.74) is 2.04. The van der Waals surface area contributed by atoms with E-state index in [0.717, 1.165) is 26.9 Å². The van der Waals surface area contributed by atoms with Gasteiger partial charge in [-0.1, -0.05) is 24.3 Å². The quantitative estimate of drug-likeness (QED) is 0.516. The molecule has 0 aliphatic carbocycles. The van der Waals surface area contributed by atoms with Gasteiger partial charge >= 0.3 is 6.03 Å². The summed E-state index contributed by atoms with van der Waals surface area (Å²) >= 11 is 1.40. The molecule has 1 unspecified atom stereocenters. The van der Waals surface area contributed by atoms with Gasteiger partial charge in [0.05, 0.1) is 6.54 Å². The van der Waals surface area contributed by atoms with Gasteiger partial charge in [-0.25, -0.2) is 4.79 Å². The van der Waals surface area contributed by atoms with Gasteiger partial charge in [0.1, 0.15) is 0 Å². The van der Waals surface area contributed by atoms with Crippen LogP contribution in [-0.2, 0) is 10.3 Å². The van der Waals surface area contributed by atoms with E-state index in [4.69, 9.17) is 0 Å². The third kappa shape index (κ3) is 3.07. The van der Waals surface area contributed by atoms with Crippen LogP contribution in [0.15, 0.2) is 53.9 Å². The van der Waals surface area contributed by atoms with E-state index in [0.29, 0.717) is 5.56 Å². The molecule has 1 aromatic carbocycles. The van der Waals surface area contributed by atoms with Gasteiger partial charge < -0.3 is 9.88 Å². The molecule has 4 rings (SSSR count). The van der Waals surface area contributed by atoms with Crippen molar-refractivity contribution in [3.8, 4) is 5.69 Å². The first-order valence-corrected chi connectivity index (χ1v) is 10.2. The highest BCUT2D eigenvalue weighted by atomic mass is 32.1. The molecular weight excluding hydrogens is 386 g/mol. The average Bonchev–Trinajstić information content (AvgIpc) is 3.39. The number of aryl methyl sites for hydroxylation is 1. The molecular formula is C22H21N3O3S. The number of hydrogen-bond donors (Lipinski definition) is 1. The minimum Gasteiger partial charge on any atom is -0.319 e. The number of aromatic nitrogens is 1. The number of hydrogen-bond acceptors (Lipinski definition) is 4. The molecule has 7 heteroatoms. The van der Waals surface area contributed by atoms with Crippen LogP contribution in [0.4, 0.5) is 4.79 Å². The molecule has 0 radical (unpaired) electrons. The molecule has 1 atom stereocenters. The first-order valence-electron chi connectivity index (χ1n) is 9.28. The van der Waals surface area contributed by atoms with Crippen molar-refractivity contribution < 1.29 is 14.4 Å². The molecule has 0 saturated carbocycles. The van der Waals surface area contributed by atoms with E-state index in [1.165, 1.54) is 11.3 Å². The van der Waals surface area contributed by atoms with Crippen molar-refractivity contribution in [1.82, 2.24) is 14.8 Å². The van der Waals surface area contributed by atoms with Crippen LogP contribution >= 0.6 is 11.3 Å². The Balaban J connectivity index is 1.61. The maximum atomic E-state index is 13.0. The summed E-state index contributed by atoms with van der Waals surface area (Å²) in [5, 5.41) is 4.59. The van der Waals surface area contributed by atoms with Gasteiger partial charge in [0.15, 0.2) is 11.3 Å². The summed E-state index contributed by atoms with van der Waals surface area (Å²) < 4.78 is 1.99. The minimum atomic E-state index is -1.13. The number of nitrogens with zero attached hydrogens (tertiary/aromatic N) is 2. The summed E-state index contributed by atoms with van der Waals surface area (Å²) in [7, 11) is 0. The Morgan fingerprint density at radius 2 is 1.83 bits per heavy atom. The number of imide groups is 1. The lowest BCUT2D eigenvalue weighted by Gasteiger charge is -2.19. The van der Waals surface area contributed by atoms with Crippen molar-refractivity contribution in [2.75, 3.05) is 6.54 Å². The molecule has 6 nitrogen and oxygen atoms in total. The Hall–Kier alpha value is -3.19. The Morgan fingerprint density at radius 1 is 1.10 bits per heavy atom. The van der Waals surface area contributed by atoms with Gasteiger partial charge in [0.25, 0.3) is 5.91 Å². The lowest BCUT2D eigenvalue weighted by Crippen LogP contribution is -2.40. The minimum absolute atomic E-state index is 0.265. The number of ketones is 1. The molecule has 3 amide bonds. The summed E-state index contributed by atoms with van der Waals surface area (Å²) in [5.74, 6) is -0.672. The average molecular weight is 407 g/mol. The molecule has 2 aromatic heterocycles. The van der Waals surface area contributed by atoms with E-state index in [9.17, 15) is 14.4 Å². The van der Waals surface area contributed by atoms with Crippen LogP contribution in [0.3, 0.4) is 0 Å². The van der Waals surface area contributed by atoms with Crippen LogP contribution in [0, 0.1) is 13.8 Å². The maximum absolute atomic E-state index is 13.0. The Morgan fingerprint density at radius 3 is 2.48 bits per heavy atom. The predicted octanol–water partition coefficient (Wildman–Crippen LogP) is 3.81. The number of nitrogens with one attached hydrogen (secondary N) is 1. The van der Waals surface area contributed by atoms with E-state index >= 15 is 0 Å². The number of urea groups is 1. The van der Waals surface area contributed by atoms with Crippen LogP contribution < -0.4 is 5.32 Å². The van der Waals surface area contributed by atoms with Gasteiger partial charge in [-0.2, -0.15) is 0 Å². The molecule has 29 heavy (non-hydrogen) atoms. The van der Waals surface area contributed by atoms with Crippen molar-refractivity contribution in [3.05, 3.63) is 75.7 Å². The summed E-state index contributed by atoms with van der Waals surface area (Å²) in [6, 6.07) is 14.7. The second-order valence-corrected chi connectivity index (χ2v) is 8.25. The highest BCUT2D eigenvalue weighted by molar-refractivity contribution is 7.10. The molecule has 1 aliphatic heterocycles. The molecule has 148 valence electrons. The molecule has 3 heterocycles. The van der Waals surface area contributed by atoms with Gasteiger partial charge in [-0.15, -0.1) is 11.3 Å². The third-order valence-electron chi connectivity index (χ3n) is 5.34. The number of benzene rings is 1. The number of rotatable bonds is 5. The van der Waals surface area contributed by atoms with E-state index in [-0.39, 0.29) is 12.3 Å². The zero-order valence-electron chi connectivity index (χ0n) is 16.4. The Kier molecular flexibility index (Phi) is 4.62. The van der Waals surface area contributed by atoms with Crippen LogP contribution in [0.2, 0.25) is 0 Å². The fourth-order valence-electron chi connectivity index (χ4n) is 3.82. The van der Waals surface area contributed by atoms with Gasteiger partial charge in [0, 0.05) is 27.5 Å². The molecule has 1 N–H and O–H groups in total. The van der Waals surface area contributed by atoms with Crippen molar-refractivity contribution in [2.24, 2.45) is 0 Å². The summed E-state index contributed by atoms with van der Waals surface area (Å²) in [6.45, 7) is 5.18. The van der Waals surface area contributed by atoms with Crippen molar-refractivity contribution in [2.45, 2.75) is 26.3 Å². The van der Waals surface area contributed by atoms with Crippen LogP contribution in [-0.4, -0.2) is 33.7 Å². The lowest BCUT2D eigenvalue weighted by atomic mass is 10.0. The van der Waals surface area contributed by atoms with Gasteiger partial charge in [-0.3, -0.25) is 14.5 Å². The second-order valence-electron chi connectivity index (χ2n) is 7.30. The van der Waals surface area contributed by atoms with E-state index in [1.54, 1.807) is 6.92 Å². The number of Topliss-reactive ketones (excluding diaryl/α,β-unsaturated/α-hetero) is 1. The van der Waals surface area contributed by atoms with Gasteiger partial charge in [-0.05, 0) is 50.4 Å². The molecule has 1 saturated heterocycles. The molecule has 0 spiro atoms. The number of carbonyl (C=O) groups excluding carboxylic acids is 3. The highest BCUT2D eigenvalue weighted by Crippen LogP contribution is 2.32. The van der Waals surface area contributed by atoms with Crippen LogP contribution in [0.1, 0.15) is 33.5 Å². The standard InChI is InChI=1S/C22H21N3O3S/c1-14-12-17(15(2)25(14)16-8-5-4-6-9-16)18(26)13-24-20(27)22(3,23-21(24)28)19-10-7-11-29-19/h4-12H,13H2,1-3H3,(H,23,28). The van der Waals surface area contributed by atoms with E-state index in [2.05, 4.69) is 5.32 Å². The van der Waals surface area contributed by atoms with Crippen molar-refractivity contribution in [1.29, 1.82) is 0 Å². The zero-order valence-corrected chi connectivity index (χ0v) is 17.2. The fraction of sp³-hybridized carbons (Fsp3) is 0.227. The first kappa shape index (κ1) is 19.1. The number of para-hydroxylation sites is 1. The number of thiophene rings is 1. The maximum Gasteiger partial charge on any atom is 0.325 e. The Labute approximate surface area is 172 Å². The van der Waals surface area contributed by atoms with E-state index < -0.39 is 17.5 Å². The fourth-order valence-corrected chi connectivity index (χ4v) is 4.65. The van der Waals surface area contributed by atoms with E-state index in [1.807, 2.05) is 72.3 Å². The summed E-state index contributed by atoms with van der Waals surface area (Å²) in [6.07, 6.45) is 0. The monoisotopic (exact) mass is 407 g/mol. The zero-order chi connectivity index (χ0) is 20.8. The number of amides is 3. The Bertz CT molecular complexity index is 1100. The highest BCUT2D eigenvalue weighted by Gasteiger charge is 2.50. The molecule has 1 aliphatic rings. The SMILES string of the molecule is Cc1cc(C(=O)CN2C(=O)NC(C)(c3cccs3)C2=O)c(C)n1-c1ccccc1. The number of carbonyl (C=O) groups is 3. The molecule has 1 fully saturated rings. The summed E-state index contributed by atoms with van der Waals surface area (Å²) in [4.78, 5) is 40.2.